The molecule has 2 N–H and O–H groups in total. The summed E-state index contributed by atoms with van der Waals surface area (Å²) in [5.74, 6) is 1.50. The van der Waals surface area contributed by atoms with Gasteiger partial charge in [0.2, 0.25) is 5.88 Å². The molecule has 0 aromatic carbocycles. The van der Waals surface area contributed by atoms with Gasteiger partial charge in [-0.25, -0.2) is 13.8 Å². The van der Waals surface area contributed by atoms with Gasteiger partial charge in [0.25, 0.3) is 6.43 Å². The van der Waals surface area contributed by atoms with Crippen molar-refractivity contribution in [2.45, 2.75) is 19.5 Å². The monoisotopic (exact) mass is 452 g/mol. The van der Waals surface area contributed by atoms with Crippen molar-refractivity contribution in [2.75, 3.05) is 13.7 Å². The maximum absolute atomic E-state index is 12.2. The third kappa shape index (κ3) is 6.69. The van der Waals surface area contributed by atoms with Crippen molar-refractivity contribution in [3.63, 3.8) is 0 Å². The summed E-state index contributed by atoms with van der Waals surface area (Å²) < 4.78 is 34.7. The number of aromatic nitrogens is 1. The third-order valence-corrected chi connectivity index (χ3v) is 2.88. The quantitative estimate of drug-likeness (QED) is 0.384. The number of rotatable bonds is 7. The average Bonchev–Trinajstić information content (AvgIpc) is 3.07. The molecule has 9 heteroatoms. The summed E-state index contributed by atoms with van der Waals surface area (Å²) in [5, 5.41) is 6.14. The predicted octanol–water partition coefficient (Wildman–Crippen LogP) is 2.80. The highest BCUT2D eigenvalue weighted by Crippen LogP contribution is 2.14. The van der Waals surface area contributed by atoms with Crippen molar-refractivity contribution < 1.29 is 17.9 Å². The molecule has 0 aliphatic carbocycles. The van der Waals surface area contributed by atoms with Gasteiger partial charge in [-0.05, 0) is 18.2 Å². The molecular formula is C15H19F2IN4O2. The fourth-order valence-corrected chi connectivity index (χ4v) is 1.81. The minimum Gasteiger partial charge on any atom is -0.471 e. The molecule has 0 saturated heterocycles. The van der Waals surface area contributed by atoms with Crippen molar-refractivity contribution in [3.05, 3.63) is 48.0 Å². The Kier molecular flexibility index (Phi) is 9.05. The van der Waals surface area contributed by atoms with Gasteiger partial charge >= 0.3 is 0 Å². The molecule has 24 heavy (non-hydrogen) atoms. The van der Waals surface area contributed by atoms with E-state index in [0.29, 0.717) is 24.6 Å². The number of nitrogens with one attached hydrogen (secondary N) is 2. The van der Waals surface area contributed by atoms with E-state index in [4.69, 9.17) is 9.15 Å². The van der Waals surface area contributed by atoms with Crippen LogP contribution in [-0.2, 0) is 13.1 Å². The second kappa shape index (κ2) is 10.8. The fraction of sp³-hybridized carbons (Fsp3) is 0.333. The molecular weight excluding hydrogens is 433 g/mol. The number of ether oxygens (including phenoxy) is 1. The Morgan fingerprint density at radius 1 is 1.29 bits per heavy atom. The molecule has 2 aromatic heterocycles. The van der Waals surface area contributed by atoms with Gasteiger partial charge in [0.1, 0.15) is 5.76 Å². The zero-order chi connectivity index (χ0) is 16.5. The van der Waals surface area contributed by atoms with Gasteiger partial charge in [0.15, 0.2) is 12.6 Å². The van der Waals surface area contributed by atoms with Crippen LogP contribution in [0.4, 0.5) is 8.78 Å². The smallest absolute Gasteiger partial charge is 0.272 e. The van der Waals surface area contributed by atoms with E-state index in [2.05, 4.69) is 20.6 Å². The first-order valence-electron chi connectivity index (χ1n) is 7.00. The second-order valence-electron chi connectivity index (χ2n) is 4.53. The Balaban J connectivity index is 0.00000288. The van der Waals surface area contributed by atoms with Crippen LogP contribution in [0.1, 0.15) is 11.3 Å². The summed E-state index contributed by atoms with van der Waals surface area (Å²) in [7, 11) is 1.63. The molecule has 0 spiro atoms. The van der Waals surface area contributed by atoms with Crippen LogP contribution >= 0.6 is 24.0 Å². The molecule has 132 valence electrons. The number of hydrogen-bond acceptors (Lipinski definition) is 4. The molecule has 0 saturated carbocycles. The highest BCUT2D eigenvalue weighted by molar-refractivity contribution is 14.0. The van der Waals surface area contributed by atoms with Gasteiger partial charge < -0.3 is 19.8 Å². The van der Waals surface area contributed by atoms with Gasteiger partial charge in [-0.3, -0.25) is 4.99 Å². The largest absolute Gasteiger partial charge is 0.471 e. The molecule has 2 heterocycles. The third-order valence-electron chi connectivity index (χ3n) is 2.88. The number of aliphatic imine (C=N–C) groups is 1. The summed E-state index contributed by atoms with van der Waals surface area (Å²) in [6, 6.07) is 7.11. The summed E-state index contributed by atoms with van der Waals surface area (Å²) in [6.07, 6.45) is 0.546. The van der Waals surface area contributed by atoms with Gasteiger partial charge in [-0.1, -0.05) is 6.07 Å². The number of pyridine rings is 1. The summed E-state index contributed by atoms with van der Waals surface area (Å²) >= 11 is 0. The van der Waals surface area contributed by atoms with E-state index < -0.39 is 13.0 Å². The number of halogens is 3. The molecule has 0 unspecified atom stereocenters. The standard InChI is InChI=1S/C15H18F2N4O2.HI/c1-18-15(21-9-12-5-3-7-22-12)20-8-11-4-2-6-19-14(11)23-10-13(16)17;/h2-7,13H,8-10H2,1H3,(H2,18,20,21);1H. The molecule has 0 amide bonds. The fourth-order valence-electron chi connectivity index (χ4n) is 1.81. The molecule has 2 aromatic rings. The first-order valence-corrected chi connectivity index (χ1v) is 7.00. The molecule has 2 rings (SSSR count). The SMILES string of the molecule is CN=C(NCc1ccco1)NCc1cccnc1OCC(F)F.I. The molecule has 0 radical (unpaired) electrons. The molecule has 0 aliphatic heterocycles. The summed E-state index contributed by atoms with van der Waals surface area (Å²) in [4.78, 5) is 8.05. The first kappa shape index (κ1) is 20.1. The van der Waals surface area contributed by atoms with Crippen molar-refractivity contribution in [1.82, 2.24) is 15.6 Å². The maximum Gasteiger partial charge on any atom is 0.272 e. The number of hydrogen-bond donors (Lipinski definition) is 2. The van der Waals surface area contributed by atoms with Crippen molar-refractivity contribution in [3.8, 4) is 5.88 Å². The molecule has 6 nitrogen and oxygen atoms in total. The number of alkyl halides is 2. The number of furan rings is 1. The lowest BCUT2D eigenvalue weighted by Gasteiger charge is -2.13. The topological polar surface area (TPSA) is 71.7 Å². The van der Waals surface area contributed by atoms with E-state index in [-0.39, 0.29) is 29.9 Å². The molecule has 0 bridgehead atoms. The van der Waals surface area contributed by atoms with Crippen LogP contribution in [0.15, 0.2) is 46.1 Å². The van der Waals surface area contributed by atoms with Crippen molar-refractivity contribution in [1.29, 1.82) is 0 Å². The molecule has 0 atom stereocenters. The van der Waals surface area contributed by atoms with Crippen LogP contribution in [0.25, 0.3) is 0 Å². The Labute approximate surface area is 155 Å². The Morgan fingerprint density at radius 2 is 2.08 bits per heavy atom. The predicted molar refractivity (Wildman–Crippen MR) is 96.9 cm³/mol. The highest BCUT2D eigenvalue weighted by Gasteiger charge is 2.09. The number of nitrogens with zero attached hydrogens (tertiary/aromatic N) is 2. The van der Waals surface area contributed by atoms with Crippen LogP contribution < -0.4 is 15.4 Å². The van der Waals surface area contributed by atoms with Gasteiger partial charge in [0.05, 0.1) is 12.8 Å². The van der Waals surface area contributed by atoms with E-state index >= 15 is 0 Å². The maximum atomic E-state index is 12.2. The van der Waals surface area contributed by atoms with Crippen molar-refractivity contribution >= 4 is 29.9 Å². The lowest BCUT2D eigenvalue weighted by atomic mass is 10.2. The first-order chi connectivity index (χ1) is 11.2. The zero-order valence-electron chi connectivity index (χ0n) is 13.0. The van der Waals surface area contributed by atoms with Crippen LogP contribution in [0, 0.1) is 0 Å². The minimum atomic E-state index is -2.54. The average molecular weight is 452 g/mol. The van der Waals surface area contributed by atoms with E-state index in [9.17, 15) is 8.78 Å². The normalized spacial score (nSPS) is 11.1. The van der Waals surface area contributed by atoms with Crippen LogP contribution in [-0.4, -0.2) is 31.0 Å². The van der Waals surface area contributed by atoms with Crippen LogP contribution in [0.3, 0.4) is 0 Å². The summed E-state index contributed by atoms with van der Waals surface area (Å²) in [5.41, 5.74) is 0.661. The minimum absolute atomic E-state index is 0. The van der Waals surface area contributed by atoms with Crippen LogP contribution in [0.2, 0.25) is 0 Å². The Hall–Kier alpha value is -1.91. The van der Waals surface area contributed by atoms with Crippen LogP contribution in [0.5, 0.6) is 5.88 Å². The lowest BCUT2D eigenvalue weighted by molar-refractivity contribution is 0.0790. The van der Waals surface area contributed by atoms with Gasteiger partial charge in [-0.2, -0.15) is 0 Å². The zero-order valence-corrected chi connectivity index (χ0v) is 15.4. The molecule has 0 fully saturated rings. The summed E-state index contributed by atoms with van der Waals surface area (Å²) in [6.45, 7) is 0.133. The van der Waals surface area contributed by atoms with E-state index in [0.717, 1.165) is 5.76 Å². The molecule has 0 aliphatic rings. The Bertz CT molecular complexity index is 624. The van der Waals surface area contributed by atoms with E-state index in [1.54, 1.807) is 31.5 Å². The van der Waals surface area contributed by atoms with E-state index in [1.165, 1.54) is 6.20 Å². The Morgan fingerprint density at radius 3 is 2.75 bits per heavy atom. The number of guanidine groups is 1. The second-order valence-corrected chi connectivity index (χ2v) is 4.53. The van der Waals surface area contributed by atoms with Crippen molar-refractivity contribution in [2.24, 2.45) is 4.99 Å². The lowest BCUT2D eigenvalue weighted by Crippen LogP contribution is -2.36. The van der Waals surface area contributed by atoms with Gasteiger partial charge in [0, 0.05) is 25.4 Å². The highest BCUT2D eigenvalue weighted by atomic mass is 127. The van der Waals surface area contributed by atoms with E-state index in [1.807, 2.05) is 6.07 Å². The van der Waals surface area contributed by atoms with Gasteiger partial charge in [-0.15, -0.1) is 24.0 Å².